The van der Waals surface area contributed by atoms with Crippen LogP contribution in [-0.4, -0.2) is 49.7 Å². The van der Waals surface area contributed by atoms with Crippen molar-refractivity contribution in [2.75, 3.05) is 26.8 Å². The van der Waals surface area contributed by atoms with E-state index in [1.807, 2.05) is 6.92 Å². The van der Waals surface area contributed by atoms with Crippen molar-refractivity contribution in [3.05, 3.63) is 0 Å². The number of rotatable bonds is 4. The van der Waals surface area contributed by atoms with Gasteiger partial charge >= 0.3 is 11.9 Å². The number of hydrogen-bond donors (Lipinski definition) is 0. The fourth-order valence-electron chi connectivity index (χ4n) is 2.10. The van der Waals surface area contributed by atoms with Crippen molar-refractivity contribution in [1.82, 2.24) is 4.90 Å². The predicted molar refractivity (Wildman–Crippen MR) is 62.4 cm³/mol. The summed E-state index contributed by atoms with van der Waals surface area (Å²) in [7, 11) is 1.41. The highest BCUT2D eigenvalue weighted by atomic mass is 16.5. The molecule has 17 heavy (non-hydrogen) atoms. The Morgan fingerprint density at radius 2 is 1.94 bits per heavy atom. The van der Waals surface area contributed by atoms with Crippen LogP contribution in [0.1, 0.15) is 26.7 Å². The number of hydrogen-bond acceptors (Lipinski definition) is 5. The lowest BCUT2D eigenvalue weighted by Gasteiger charge is -2.33. The molecule has 0 amide bonds. The second-order valence-electron chi connectivity index (χ2n) is 4.26. The van der Waals surface area contributed by atoms with Gasteiger partial charge in [0.15, 0.2) is 0 Å². The van der Waals surface area contributed by atoms with Gasteiger partial charge in [0.05, 0.1) is 19.6 Å². The Morgan fingerprint density at radius 3 is 2.41 bits per heavy atom. The van der Waals surface area contributed by atoms with E-state index in [9.17, 15) is 9.59 Å². The van der Waals surface area contributed by atoms with Crippen molar-refractivity contribution >= 4 is 11.9 Å². The van der Waals surface area contributed by atoms with Gasteiger partial charge in [0.2, 0.25) is 0 Å². The minimum absolute atomic E-state index is 0.0226. The molecule has 0 aromatic carbocycles. The van der Waals surface area contributed by atoms with Crippen LogP contribution in [0.2, 0.25) is 0 Å². The first kappa shape index (κ1) is 14.0. The van der Waals surface area contributed by atoms with E-state index in [1.54, 1.807) is 6.92 Å². The molecule has 1 unspecified atom stereocenters. The molecule has 0 saturated carbocycles. The van der Waals surface area contributed by atoms with Crippen molar-refractivity contribution in [3.63, 3.8) is 0 Å². The van der Waals surface area contributed by atoms with E-state index in [0.29, 0.717) is 6.61 Å². The third-order valence-electron chi connectivity index (χ3n) is 3.24. The van der Waals surface area contributed by atoms with Crippen molar-refractivity contribution in [1.29, 1.82) is 0 Å². The summed E-state index contributed by atoms with van der Waals surface area (Å²) in [6.07, 6.45) is 1.49. The number of nitrogens with zero attached hydrogens (tertiary/aromatic N) is 1. The van der Waals surface area contributed by atoms with Gasteiger partial charge in [0.1, 0.15) is 6.04 Å². The van der Waals surface area contributed by atoms with Crippen LogP contribution >= 0.6 is 0 Å². The summed E-state index contributed by atoms with van der Waals surface area (Å²) < 4.78 is 9.70. The maximum absolute atomic E-state index is 11.6. The first-order valence-corrected chi connectivity index (χ1v) is 6.08. The van der Waals surface area contributed by atoms with Crippen LogP contribution in [0.25, 0.3) is 0 Å². The molecular weight excluding hydrogens is 222 g/mol. The molecule has 1 fully saturated rings. The van der Waals surface area contributed by atoms with Crippen molar-refractivity contribution < 1.29 is 19.1 Å². The monoisotopic (exact) mass is 243 g/mol. The van der Waals surface area contributed by atoms with Gasteiger partial charge in [-0.05, 0) is 39.8 Å². The van der Waals surface area contributed by atoms with Gasteiger partial charge in [0.25, 0.3) is 0 Å². The number of carbonyl (C=O) groups is 2. The average Bonchev–Trinajstić information content (AvgIpc) is 2.37. The summed E-state index contributed by atoms with van der Waals surface area (Å²) in [5.74, 6) is -0.358. The quantitative estimate of drug-likeness (QED) is 0.684. The molecule has 0 aromatic heterocycles. The molecule has 0 N–H and O–H groups in total. The van der Waals surface area contributed by atoms with Crippen molar-refractivity contribution in [2.24, 2.45) is 5.92 Å². The number of piperidine rings is 1. The van der Waals surface area contributed by atoms with Crippen LogP contribution in [-0.2, 0) is 19.1 Å². The maximum Gasteiger partial charge on any atom is 0.323 e. The zero-order valence-electron chi connectivity index (χ0n) is 10.8. The summed E-state index contributed by atoms with van der Waals surface area (Å²) in [5.41, 5.74) is 0. The number of likely N-dealkylation sites (tertiary alicyclic amines) is 1. The van der Waals surface area contributed by atoms with Crippen LogP contribution < -0.4 is 0 Å². The Morgan fingerprint density at radius 1 is 1.35 bits per heavy atom. The van der Waals surface area contributed by atoms with Crippen molar-refractivity contribution in [2.45, 2.75) is 32.7 Å². The van der Waals surface area contributed by atoms with Crippen LogP contribution in [0.15, 0.2) is 0 Å². The second-order valence-corrected chi connectivity index (χ2v) is 4.26. The standard InChI is InChI=1S/C12H21NO4/c1-4-17-11(14)9(2)13-7-5-10(6-8-13)12(15)16-3/h9-10H,4-8H2,1-3H3. The molecule has 1 saturated heterocycles. The molecule has 5 nitrogen and oxygen atoms in total. The minimum Gasteiger partial charge on any atom is -0.469 e. The van der Waals surface area contributed by atoms with Gasteiger partial charge in [0, 0.05) is 0 Å². The highest BCUT2D eigenvalue weighted by Crippen LogP contribution is 2.20. The zero-order valence-corrected chi connectivity index (χ0v) is 10.8. The van der Waals surface area contributed by atoms with Crippen molar-refractivity contribution in [3.8, 4) is 0 Å². The fraction of sp³-hybridized carbons (Fsp3) is 0.833. The summed E-state index contributed by atoms with van der Waals surface area (Å²) in [6, 6.07) is -0.228. The van der Waals surface area contributed by atoms with E-state index in [-0.39, 0.29) is 23.9 Å². The van der Waals surface area contributed by atoms with Crippen LogP contribution in [0.5, 0.6) is 0 Å². The minimum atomic E-state index is -0.228. The summed E-state index contributed by atoms with van der Waals surface area (Å²) in [6.45, 7) is 5.52. The molecule has 1 aliphatic rings. The van der Waals surface area contributed by atoms with Crippen LogP contribution in [0.4, 0.5) is 0 Å². The lowest BCUT2D eigenvalue weighted by Crippen LogP contribution is -2.45. The predicted octanol–water partition coefficient (Wildman–Crippen LogP) is 0.823. The number of ether oxygens (including phenoxy) is 2. The second kappa shape index (κ2) is 6.59. The fourth-order valence-corrected chi connectivity index (χ4v) is 2.10. The summed E-state index contributed by atoms with van der Waals surface area (Å²) in [4.78, 5) is 25.0. The molecule has 0 spiro atoms. The van der Waals surface area contributed by atoms with E-state index in [2.05, 4.69) is 4.90 Å². The third-order valence-corrected chi connectivity index (χ3v) is 3.24. The van der Waals surface area contributed by atoms with E-state index < -0.39 is 0 Å². The Kier molecular flexibility index (Phi) is 5.41. The molecule has 5 heteroatoms. The van der Waals surface area contributed by atoms with Crippen LogP contribution in [0.3, 0.4) is 0 Å². The molecular formula is C12H21NO4. The molecule has 1 rings (SSSR count). The van der Waals surface area contributed by atoms with Gasteiger partial charge in [-0.15, -0.1) is 0 Å². The van der Waals surface area contributed by atoms with Gasteiger partial charge < -0.3 is 9.47 Å². The zero-order chi connectivity index (χ0) is 12.8. The molecule has 1 aliphatic heterocycles. The first-order valence-electron chi connectivity index (χ1n) is 6.08. The highest BCUT2D eigenvalue weighted by Gasteiger charge is 2.30. The normalized spacial score (nSPS) is 19.7. The van der Waals surface area contributed by atoms with Gasteiger partial charge in [-0.3, -0.25) is 14.5 Å². The summed E-state index contributed by atoms with van der Waals surface area (Å²) >= 11 is 0. The molecule has 1 atom stereocenters. The largest absolute Gasteiger partial charge is 0.469 e. The van der Waals surface area contributed by atoms with Gasteiger partial charge in [-0.25, -0.2) is 0 Å². The Hall–Kier alpha value is -1.10. The van der Waals surface area contributed by atoms with E-state index in [0.717, 1.165) is 25.9 Å². The van der Waals surface area contributed by atoms with E-state index >= 15 is 0 Å². The molecule has 0 radical (unpaired) electrons. The number of carbonyl (C=O) groups excluding carboxylic acids is 2. The van der Waals surface area contributed by atoms with E-state index in [4.69, 9.17) is 9.47 Å². The lowest BCUT2D eigenvalue weighted by molar-refractivity contribution is -0.151. The molecule has 0 aliphatic carbocycles. The molecule has 0 bridgehead atoms. The molecule has 0 aromatic rings. The summed E-state index contributed by atoms with van der Waals surface area (Å²) in [5, 5.41) is 0. The highest BCUT2D eigenvalue weighted by molar-refractivity contribution is 5.75. The SMILES string of the molecule is CCOC(=O)C(C)N1CCC(C(=O)OC)CC1. The third kappa shape index (κ3) is 3.70. The lowest BCUT2D eigenvalue weighted by atomic mass is 9.96. The van der Waals surface area contributed by atoms with E-state index in [1.165, 1.54) is 7.11 Å². The molecule has 1 heterocycles. The smallest absolute Gasteiger partial charge is 0.323 e. The van der Waals surface area contributed by atoms with Gasteiger partial charge in [-0.2, -0.15) is 0 Å². The Bertz CT molecular complexity index is 272. The number of esters is 2. The average molecular weight is 243 g/mol. The topological polar surface area (TPSA) is 55.8 Å². The Labute approximate surface area is 102 Å². The van der Waals surface area contributed by atoms with Crippen LogP contribution in [0, 0.1) is 5.92 Å². The van der Waals surface area contributed by atoms with Gasteiger partial charge in [-0.1, -0.05) is 0 Å². The first-order chi connectivity index (χ1) is 8.10. The number of methoxy groups -OCH3 is 1. The molecule has 98 valence electrons. The maximum atomic E-state index is 11.6. The Balaban J connectivity index is 2.41.